The van der Waals surface area contributed by atoms with Crippen LogP contribution in [-0.4, -0.2) is 38.6 Å². The zero-order chi connectivity index (χ0) is 14.0. The monoisotopic (exact) mass is 266 g/mol. The summed E-state index contributed by atoms with van der Waals surface area (Å²) in [7, 11) is 1.18. The Morgan fingerprint density at radius 3 is 2.84 bits per heavy atom. The molecule has 0 aliphatic rings. The number of H-pyrrole nitrogens is 1. The van der Waals surface area contributed by atoms with Crippen molar-refractivity contribution in [1.29, 1.82) is 0 Å². The first-order valence-corrected chi connectivity index (χ1v) is 5.22. The van der Waals surface area contributed by atoms with Crippen molar-refractivity contribution >= 4 is 17.7 Å². The van der Waals surface area contributed by atoms with E-state index in [0.29, 0.717) is 5.69 Å². The van der Waals surface area contributed by atoms with Gasteiger partial charge in [-0.15, -0.1) is 5.10 Å². The highest BCUT2D eigenvalue weighted by molar-refractivity contribution is 5.85. The fourth-order valence-corrected chi connectivity index (χ4v) is 1.37. The molecule has 1 N–H and O–H groups in total. The smallest absolute Gasteiger partial charge is 0.378 e. The van der Waals surface area contributed by atoms with Gasteiger partial charge in [0.25, 0.3) is 11.4 Å². The number of nitrogens with one attached hydrogen (secondary N) is 1. The third kappa shape index (κ3) is 2.59. The molecule has 9 heteroatoms. The number of esters is 2. The molecule has 9 nitrogen and oxygen atoms in total. The Balaban J connectivity index is 2.42. The van der Waals surface area contributed by atoms with Gasteiger partial charge in [0.2, 0.25) is 5.78 Å². The molecular weight excluding hydrogens is 256 g/mol. The van der Waals surface area contributed by atoms with E-state index in [9.17, 15) is 14.4 Å². The van der Waals surface area contributed by atoms with Gasteiger partial charge in [-0.25, -0.2) is 4.79 Å². The fraction of sp³-hybridized carbons (Fsp3) is 0.300. The second kappa shape index (κ2) is 4.88. The molecule has 0 bridgehead atoms. The molecule has 0 atom stereocenters. The van der Waals surface area contributed by atoms with E-state index < -0.39 is 17.5 Å². The molecule has 100 valence electrons. The highest BCUT2D eigenvalue weighted by Gasteiger charge is 2.15. The molecule has 0 fully saturated rings. The lowest BCUT2D eigenvalue weighted by Gasteiger charge is -2.01. The lowest BCUT2D eigenvalue weighted by Crippen LogP contribution is -2.17. The summed E-state index contributed by atoms with van der Waals surface area (Å²) in [5, 5.41) is 3.70. The summed E-state index contributed by atoms with van der Waals surface area (Å²) >= 11 is 0. The van der Waals surface area contributed by atoms with Crippen LogP contribution in [0.15, 0.2) is 10.9 Å². The third-order valence-corrected chi connectivity index (χ3v) is 2.18. The quantitative estimate of drug-likeness (QED) is 0.728. The van der Waals surface area contributed by atoms with Gasteiger partial charge >= 0.3 is 11.9 Å². The van der Waals surface area contributed by atoms with Crippen molar-refractivity contribution in [1.82, 2.24) is 19.6 Å². The molecule has 0 aromatic carbocycles. The lowest BCUT2D eigenvalue weighted by atomic mass is 10.4. The van der Waals surface area contributed by atoms with Crippen molar-refractivity contribution in [2.24, 2.45) is 0 Å². The number of methoxy groups -OCH3 is 1. The Kier molecular flexibility index (Phi) is 3.27. The number of carbonyl (C=O) groups is 2. The van der Waals surface area contributed by atoms with Crippen LogP contribution in [0.1, 0.15) is 23.2 Å². The predicted molar refractivity (Wildman–Crippen MR) is 60.4 cm³/mol. The van der Waals surface area contributed by atoms with E-state index in [2.05, 4.69) is 19.8 Å². The first-order chi connectivity index (χ1) is 9.01. The number of aromatic nitrogens is 4. The van der Waals surface area contributed by atoms with Gasteiger partial charge in [-0.2, -0.15) is 9.50 Å². The Morgan fingerprint density at radius 2 is 2.21 bits per heavy atom. The van der Waals surface area contributed by atoms with Crippen LogP contribution in [0.4, 0.5) is 0 Å². The topological polar surface area (TPSA) is 116 Å². The molecule has 0 aliphatic carbocycles. The van der Waals surface area contributed by atoms with E-state index >= 15 is 0 Å². The Bertz CT molecular complexity index is 701. The standard InChI is InChI=1S/C10H10N4O5/c1-5(15)19-4-6-3-7(16)14-10(11-6)12-8(13-14)9(17)18-2/h3H,4H2,1-2H3,(H,11,12,13). The number of aromatic amines is 1. The number of rotatable bonds is 3. The summed E-state index contributed by atoms with van der Waals surface area (Å²) in [5.41, 5.74) is -0.157. The average molecular weight is 266 g/mol. The molecule has 2 aromatic heterocycles. The molecule has 2 heterocycles. The van der Waals surface area contributed by atoms with Crippen LogP contribution in [0, 0.1) is 0 Å². The van der Waals surface area contributed by atoms with Crippen LogP contribution >= 0.6 is 0 Å². The van der Waals surface area contributed by atoms with Gasteiger partial charge in [0.05, 0.1) is 12.8 Å². The molecule has 0 amide bonds. The van der Waals surface area contributed by atoms with Gasteiger partial charge in [-0.3, -0.25) is 9.59 Å². The van der Waals surface area contributed by atoms with Gasteiger partial charge in [0.1, 0.15) is 6.61 Å². The lowest BCUT2D eigenvalue weighted by molar-refractivity contribution is -0.142. The predicted octanol–water partition coefficient (Wildman–Crippen LogP) is -0.733. The summed E-state index contributed by atoms with van der Waals surface area (Å²) in [5.74, 6) is -1.40. The molecule has 2 rings (SSSR count). The van der Waals surface area contributed by atoms with Crippen LogP contribution in [0.5, 0.6) is 0 Å². The van der Waals surface area contributed by atoms with E-state index in [1.165, 1.54) is 20.1 Å². The van der Waals surface area contributed by atoms with Crippen LogP contribution < -0.4 is 5.56 Å². The Morgan fingerprint density at radius 1 is 1.47 bits per heavy atom. The van der Waals surface area contributed by atoms with Crippen molar-refractivity contribution < 1.29 is 19.1 Å². The number of hydrogen-bond acceptors (Lipinski definition) is 7. The molecule has 0 radical (unpaired) electrons. The van der Waals surface area contributed by atoms with Gasteiger partial charge in [0, 0.05) is 13.0 Å². The Labute approximate surface area is 106 Å². The fourth-order valence-electron chi connectivity index (χ4n) is 1.37. The summed E-state index contributed by atoms with van der Waals surface area (Å²) in [6.07, 6.45) is 0. The maximum atomic E-state index is 11.7. The van der Waals surface area contributed by atoms with E-state index in [0.717, 1.165) is 4.52 Å². The molecule has 0 unspecified atom stereocenters. The normalized spacial score (nSPS) is 10.4. The van der Waals surface area contributed by atoms with E-state index in [4.69, 9.17) is 4.74 Å². The number of hydrogen-bond donors (Lipinski definition) is 1. The summed E-state index contributed by atoms with van der Waals surface area (Å²) in [4.78, 5) is 40.2. The minimum Gasteiger partial charge on any atom is -0.463 e. The van der Waals surface area contributed by atoms with Crippen molar-refractivity contribution in [3.05, 3.63) is 27.9 Å². The van der Waals surface area contributed by atoms with Crippen molar-refractivity contribution in [3.63, 3.8) is 0 Å². The molecule has 19 heavy (non-hydrogen) atoms. The van der Waals surface area contributed by atoms with Crippen LogP contribution in [0.3, 0.4) is 0 Å². The summed E-state index contributed by atoms with van der Waals surface area (Å²) in [6.45, 7) is 1.16. The van der Waals surface area contributed by atoms with Gasteiger partial charge in [0.15, 0.2) is 0 Å². The SMILES string of the molecule is COC(=O)c1nc2[nH]c(COC(C)=O)cc(=O)n2n1. The van der Waals surface area contributed by atoms with Gasteiger partial charge in [-0.1, -0.05) is 0 Å². The first-order valence-electron chi connectivity index (χ1n) is 5.22. The molecule has 2 aromatic rings. The van der Waals surface area contributed by atoms with Crippen LogP contribution in [0.25, 0.3) is 5.78 Å². The minimum absolute atomic E-state index is 0.0649. The maximum Gasteiger partial charge on any atom is 0.378 e. The average Bonchev–Trinajstić information content (AvgIpc) is 2.80. The van der Waals surface area contributed by atoms with Crippen molar-refractivity contribution in [2.75, 3.05) is 7.11 Å². The maximum absolute atomic E-state index is 11.7. The second-order valence-corrected chi connectivity index (χ2v) is 3.58. The molecule has 0 aliphatic heterocycles. The number of ether oxygens (including phenoxy) is 2. The highest BCUT2D eigenvalue weighted by atomic mass is 16.5. The van der Waals surface area contributed by atoms with Crippen LogP contribution in [-0.2, 0) is 20.9 Å². The minimum atomic E-state index is -0.752. The zero-order valence-corrected chi connectivity index (χ0v) is 10.2. The molecule has 0 saturated heterocycles. The van der Waals surface area contributed by atoms with Crippen LogP contribution in [0.2, 0.25) is 0 Å². The van der Waals surface area contributed by atoms with E-state index in [1.54, 1.807) is 0 Å². The number of nitrogens with zero attached hydrogens (tertiary/aromatic N) is 3. The molecular formula is C10H10N4O5. The van der Waals surface area contributed by atoms with Crippen molar-refractivity contribution in [2.45, 2.75) is 13.5 Å². The second-order valence-electron chi connectivity index (χ2n) is 3.58. The summed E-state index contributed by atoms with van der Waals surface area (Å²) < 4.78 is 10.1. The summed E-state index contributed by atoms with van der Waals surface area (Å²) in [6, 6.07) is 1.20. The largest absolute Gasteiger partial charge is 0.463 e. The Hall–Kier alpha value is -2.71. The third-order valence-electron chi connectivity index (χ3n) is 2.18. The van der Waals surface area contributed by atoms with E-state index in [1.807, 2.05) is 0 Å². The van der Waals surface area contributed by atoms with Gasteiger partial charge < -0.3 is 14.5 Å². The van der Waals surface area contributed by atoms with Gasteiger partial charge in [-0.05, 0) is 0 Å². The van der Waals surface area contributed by atoms with Crippen molar-refractivity contribution in [3.8, 4) is 0 Å². The first kappa shape index (κ1) is 12.7. The molecule has 0 saturated carbocycles. The molecule has 0 spiro atoms. The van der Waals surface area contributed by atoms with E-state index in [-0.39, 0.29) is 18.2 Å². The number of carbonyl (C=O) groups excluding carboxylic acids is 2. The zero-order valence-electron chi connectivity index (χ0n) is 10.2. The highest BCUT2D eigenvalue weighted by Crippen LogP contribution is 2.00. The number of fused-ring (bicyclic) bond motifs is 1.